The van der Waals surface area contributed by atoms with Gasteiger partial charge in [-0.25, -0.2) is 13.8 Å². The van der Waals surface area contributed by atoms with Crippen LogP contribution in [0.4, 0.5) is 14.7 Å². The van der Waals surface area contributed by atoms with E-state index in [0.29, 0.717) is 74.4 Å². The molecule has 2 fully saturated rings. The average molecular weight is 546 g/mol. The number of carbonyl (C=O) groups is 1. The molecule has 5 rings (SSSR count). The number of nitrogens with two attached hydrogens (primary N) is 1. The number of carbonyl (C=O) groups excluding carboxylic acids is 1. The van der Waals surface area contributed by atoms with Crippen molar-refractivity contribution in [3.63, 3.8) is 0 Å². The largest absolute Gasteiger partial charge is 0.492 e. The number of hydrogen-bond acceptors (Lipinski definition) is 9. The third kappa shape index (κ3) is 6.04. The van der Waals surface area contributed by atoms with E-state index in [4.69, 9.17) is 19.9 Å². The van der Waals surface area contributed by atoms with E-state index in [9.17, 15) is 13.6 Å². The molecule has 0 unspecified atom stereocenters. The molecule has 0 radical (unpaired) electrons. The number of para-hydroxylation sites is 1. The minimum absolute atomic E-state index is 0.0416. The molecule has 1 saturated heterocycles. The summed E-state index contributed by atoms with van der Waals surface area (Å²) in [4.78, 5) is 27.2. The van der Waals surface area contributed by atoms with Crippen molar-refractivity contribution in [2.75, 3.05) is 44.4 Å². The quantitative estimate of drug-likeness (QED) is 0.417. The van der Waals surface area contributed by atoms with E-state index in [1.54, 1.807) is 24.3 Å². The average Bonchev–Trinajstić information content (AvgIpc) is 3.36. The first-order chi connectivity index (χ1) is 19.0. The van der Waals surface area contributed by atoms with Gasteiger partial charge in [-0.05, 0) is 44.7 Å². The number of nitrogens with zero attached hydrogens (tertiary/aromatic N) is 5. The summed E-state index contributed by atoms with van der Waals surface area (Å²) < 4.78 is 47.3. The molecule has 39 heavy (non-hydrogen) atoms. The topological polar surface area (TPSA) is 130 Å². The zero-order valence-electron chi connectivity index (χ0n) is 21.8. The number of ether oxygens (including phenoxy) is 3. The van der Waals surface area contributed by atoms with Crippen LogP contribution >= 0.6 is 0 Å². The van der Waals surface area contributed by atoms with Gasteiger partial charge in [-0.2, -0.15) is 9.97 Å². The smallest absolute Gasteiger partial charge is 0.296 e. The van der Waals surface area contributed by atoms with Crippen molar-refractivity contribution in [1.82, 2.24) is 24.8 Å². The summed E-state index contributed by atoms with van der Waals surface area (Å²) in [6.07, 6.45) is -0.100. The Morgan fingerprint density at radius 3 is 2.64 bits per heavy atom. The molecule has 210 valence electrons. The standard InChI is InChI=1S/C26H33F2N7O4/c1-2-38-19-5-3-4-18-23(19)33-25(24(27)28)35(18)20-14-22(32-26(31-20)34-10-12-37-13-11-34)39-17-8-6-16(7-9-17)30-21(36)15-29/h3-5,14,16-17,24H,2,6-13,15,29H2,1H3,(H,30,36)/t16-,17-. The number of halogens is 2. The van der Waals surface area contributed by atoms with Gasteiger partial charge in [-0.15, -0.1) is 0 Å². The molecular formula is C26H33F2N7O4. The lowest BCUT2D eigenvalue weighted by Crippen LogP contribution is -2.42. The van der Waals surface area contributed by atoms with E-state index in [1.165, 1.54) is 4.57 Å². The second-order valence-electron chi connectivity index (χ2n) is 9.49. The number of alkyl halides is 2. The number of amides is 1. The van der Waals surface area contributed by atoms with Gasteiger partial charge in [0.1, 0.15) is 23.2 Å². The maximum atomic E-state index is 14.3. The Morgan fingerprint density at radius 1 is 1.18 bits per heavy atom. The van der Waals surface area contributed by atoms with E-state index in [0.717, 1.165) is 12.8 Å². The van der Waals surface area contributed by atoms with Crippen LogP contribution in [0.3, 0.4) is 0 Å². The normalized spacial score (nSPS) is 19.9. The molecule has 1 aromatic carbocycles. The number of fused-ring (bicyclic) bond motifs is 1. The third-order valence-electron chi connectivity index (χ3n) is 6.88. The van der Waals surface area contributed by atoms with E-state index in [2.05, 4.69) is 20.3 Å². The second-order valence-corrected chi connectivity index (χ2v) is 9.49. The van der Waals surface area contributed by atoms with E-state index in [-0.39, 0.29) is 30.4 Å². The highest BCUT2D eigenvalue weighted by Gasteiger charge is 2.27. The monoisotopic (exact) mass is 545 g/mol. The molecule has 0 atom stereocenters. The van der Waals surface area contributed by atoms with Gasteiger partial charge in [0.05, 0.1) is 31.9 Å². The van der Waals surface area contributed by atoms with Gasteiger partial charge in [0, 0.05) is 25.2 Å². The molecule has 11 nitrogen and oxygen atoms in total. The van der Waals surface area contributed by atoms with Crippen LogP contribution in [0.2, 0.25) is 0 Å². The first kappa shape index (κ1) is 27.0. The Hall–Kier alpha value is -3.58. The van der Waals surface area contributed by atoms with Gasteiger partial charge in [0.15, 0.2) is 5.82 Å². The summed E-state index contributed by atoms with van der Waals surface area (Å²) in [5.41, 5.74) is 6.20. The minimum Gasteiger partial charge on any atom is -0.492 e. The number of morpholine rings is 1. The summed E-state index contributed by atoms with van der Waals surface area (Å²) in [5.74, 6) is 0.706. The van der Waals surface area contributed by atoms with Crippen LogP contribution in [0, 0.1) is 0 Å². The van der Waals surface area contributed by atoms with E-state index in [1.807, 2.05) is 11.8 Å². The SMILES string of the molecule is CCOc1cccc2c1nc(C(F)F)n2-c1cc(O[C@H]2CC[C@H](NC(=O)CN)CC2)nc(N2CCOCC2)n1. The lowest BCUT2D eigenvalue weighted by molar-refractivity contribution is -0.120. The lowest BCUT2D eigenvalue weighted by atomic mass is 9.93. The van der Waals surface area contributed by atoms with Crippen molar-refractivity contribution in [3.05, 3.63) is 30.1 Å². The third-order valence-corrected chi connectivity index (χ3v) is 6.88. The molecule has 1 aliphatic heterocycles. The summed E-state index contributed by atoms with van der Waals surface area (Å²) >= 11 is 0. The van der Waals surface area contributed by atoms with E-state index < -0.39 is 12.2 Å². The number of rotatable bonds is 9. The molecule has 3 aromatic rings. The Bertz CT molecular complexity index is 1290. The van der Waals surface area contributed by atoms with Crippen LogP contribution in [0.1, 0.15) is 44.9 Å². The highest BCUT2D eigenvalue weighted by molar-refractivity contribution is 5.84. The number of aromatic nitrogens is 4. The van der Waals surface area contributed by atoms with Crippen LogP contribution in [-0.2, 0) is 9.53 Å². The molecule has 2 aromatic heterocycles. The molecule has 13 heteroatoms. The Labute approximate surface area is 224 Å². The van der Waals surface area contributed by atoms with Crippen molar-refractivity contribution in [3.8, 4) is 17.4 Å². The molecular weight excluding hydrogens is 512 g/mol. The maximum absolute atomic E-state index is 14.3. The van der Waals surface area contributed by atoms with Crippen LogP contribution in [-0.4, -0.2) is 77.0 Å². The zero-order chi connectivity index (χ0) is 27.4. The maximum Gasteiger partial charge on any atom is 0.296 e. The number of anilines is 1. The first-order valence-electron chi connectivity index (χ1n) is 13.3. The van der Waals surface area contributed by atoms with Gasteiger partial charge in [-0.3, -0.25) is 9.36 Å². The van der Waals surface area contributed by atoms with Gasteiger partial charge >= 0.3 is 0 Å². The molecule has 2 aliphatic rings. The van der Waals surface area contributed by atoms with Gasteiger partial charge in [0.25, 0.3) is 6.43 Å². The first-order valence-corrected chi connectivity index (χ1v) is 13.3. The summed E-state index contributed by atoms with van der Waals surface area (Å²) in [5, 5.41) is 2.92. The molecule has 1 amide bonds. The van der Waals surface area contributed by atoms with E-state index >= 15 is 0 Å². The number of imidazole rings is 1. The molecule has 1 aliphatic carbocycles. The predicted molar refractivity (Wildman–Crippen MR) is 140 cm³/mol. The van der Waals surface area contributed by atoms with Crippen molar-refractivity contribution in [2.45, 2.75) is 51.2 Å². The van der Waals surface area contributed by atoms with Crippen LogP contribution in [0.15, 0.2) is 24.3 Å². The van der Waals surface area contributed by atoms with Crippen molar-refractivity contribution in [2.24, 2.45) is 5.73 Å². The second kappa shape index (κ2) is 12.1. The highest BCUT2D eigenvalue weighted by Crippen LogP contribution is 2.34. The summed E-state index contributed by atoms with van der Waals surface area (Å²) in [6.45, 7) is 4.31. The predicted octanol–water partition coefficient (Wildman–Crippen LogP) is 2.75. The molecule has 3 heterocycles. The highest BCUT2D eigenvalue weighted by atomic mass is 19.3. The minimum atomic E-state index is -2.85. The number of hydrogen-bond donors (Lipinski definition) is 2. The van der Waals surface area contributed by atoms with Crippen molar-refractivity contribution < 1.29 is 27.8 Å². The van der Waals surface area contributed by atoms with Gasteiger partial charge < -0.3 is 30.2 Å². The number of nitrogens with one attached hydrogen (secondary N) is 1. The fourth-order valence-corrected chi connectivity index (χ4v) is 5.01. The molecule has 0 bridgehead atoms. The van der Waals surface area contributed by atoms with Crippen LogP contribution in [0.5, 0.6) is 11.6 Å². The fourth-order valence-electron chi connectivity index (χ4n) is 5.01. The molecule has 0 spiro atoms. The summed E-state index contributed by atoms with van der Waals surface area (Å²) in [6, 6.07) is 6.79. The summed E-state index contributed by atoms with van der Waals surface area (Å²) in [7, 11) is 0. The molecule has 1 saturated carbocycles. The Balaban J connectivity index is 1.50. The Kier molecular flexibility index (Phi) is 8.36. The fraction of sp³-hybridized carbons (Fsp3) is 0.538. The van der Waals surface area contributed by atoms with Gasteiger partial charge in [0.2, 0.25) is 17.7 Å². The van der Waals surface area contributed by atoms with Crippen LogP contribution in [0.25, 0.3) is 16.9 Å². The van der Waals surface area contributed by atoms with Crippen LogP contribution < -0.4 is 25.4 Å². The Morgan fingerprint density at radius 2 is 1.95 bits per heavy atom. The van der Waals surface area contributed by atoms with Crippen molar-refractivity contribution in [1.29, 1.82) is 0 Å². The number of benzene rings is 1. The zero-order valence-corrected chi connectivity index (χ0v) is 21.8. The van der Waals surface area contributed by atoms with Gasteiger partial charge in [-0.1, -0.05) is 6.07 Å². The van der Waals surface area contributed by atoms with Crippen molar-refractivity contribution >= 4 is 22.9 Å². The lowest BCUT2D eigenvalue weighted by Gasteiger charge is -2.30. The molecule has 3 N–H and O–H groups in total.